The second kappa shape index (κ2) is 6.89. The molecule has 0 aliphatic rings. The van der Waals surface area contributed by atoms with Crippen LogP contribution >= 0.6 is 0 Å². The van der Waals surface area contributed by atoms with Gasteiger partial charge in [0.25, 0.3) is 5.91 Å². The molecule has 4 nitrogen and oxygen atoms in total. The van der Waals surface area contributed by atoms with Gasteiger partial charge in [-0.2, -0.15) is 0 Å². The number of rotatable bonds is 5. The first-order valence-electron chi connectivity index (χ1n) is 7.09. The van der Waals surface area contributed by atoms with Gasteiger partial charge in [0.15, 0.2) is 6.10 Å². The van der Waals surface area contributed by atoms with Gasteiger partial charge in [-0.3, -0.25) is 4.79 Å². The Labute approximate surface area is 126 Å². The monoisotopic (exact) mass is 296 g/mol. The van der Waals surface area contributed by atoms with E-state index in [9.17, 15) is 9.18 Å². The molecule has 0 aromatic heterocycles. The van der Waals surface area contributed by atoms with Crippen LogP contribution in [0.3, 0.4) is 0 Å². The third-order valence-electron chi connectivity index (χ3n) is 3.05. The summed E-state index contributed by atoms with van der Waals surface area (Å²) < 4.78 is 19.5. The van der Waals surface area contributed by atoms with Gasteiger partial charge in [0.2, 0.25) is 0 Å². The number of ether oxygens (including phenoxy) is 1. The third-order valence-corrected chi connectivity index (χ3v) is 3.05. The summed E-state index contributed by atoms with van der Waals surface area (Å²) in [5.74, 6) is -0.232. The normalized spacial score (nSPS) is 14.4. The van der Waals surface area contributed by atoms with Crippen LogP contribution in [-0.4, -0.2) is 24.6 Å². The Balaban J connectivity index is 2.75. The Kier molecular flexibility index (Phi) is 5.72. The molecular weight excluding hydrogens is 271 g/mol. The summed E-state index contributed by atoms with van der Waals surface area (Å²) in [6.07, 6.45) is -0.684. The Morgan fingerprint density at radius 1 is 1.29 bits per heavy atom. The molecule has 21 heavy (non-hydrogen) atoms. The van der Waals surface area contributed by atoms with E-state index in [2.05, 4.69) is 10.6 Å². The molecule has 0 aliphatic heterocycles. The number of nitrogens with one attached hydrogen (secondary N) is 2. The largest absolute Gasteiger partial charge is 0.481 e. The fourth-order valence-corrected chi connectivity index (χ4v) is 1.82. The van der Waals surface area contributed by atoms with Gasteiger partial charge >= 0.3 is 0 Å². The first kappa shape index (κ1) is 17.4. The second-order valence-corrected chi connectivity index (χ2v) is 6.19. The van der Waals surface area contributed by atoms with Crippen LogP contribution in [0.1, 0.15) is 46.2 Å². The molecule has 0 fully saturated rings. The molecule has 0 aliphatic carbocycles. The van der Waals surface area contributed by atoms with E-state index in [4.69, 9.17) is 4.74 Å². The van der Waals surface area contributed by atoms with E-state index in [0.29, 0.717) is 11.3 Å². The lowest BCUT2D eigenvalue weighted by atomic mass is 10.1. The molecule has 0 radical (unpaired) electrons. The van der Waals surface area contributed by atoms with Crippen molar-refractivity contribution in [3.8, 4) is 5.75 Å². The van der Waals surface area contributed by atoms with Crippen molar-refractivity contribution < 1.29 is 13.9 Å². The summed E-state index contributed by atoms with van der Waals surface area (Å²) in [6, 6.07) is 4.57. The summed E-state index contributed by atoms with van der Waals surface area (Å²) >= 11 is 0. The van der Waals surface area contributed by atoms with Gasteiger partial charge in [-0.15, -0.1) is 0 Å². The first-order valence-corrected chi connectivity index (χ1v) is 7.09. The Morgan fingerprint density at radius 3 is 2.38 bits per heavy atom. The number of carbonyl (C=O) groups is 1. The Bertz CT molecular complexity index is 498. The van der Waals surface area contributed by atoms with Crippen molar-refractivity contribution in [2.75, 3.05) is 7.05 Å². The lowest BCUT2D eigenvalue weighted by Crippen LogP contribution is -2.46. The van der Waals surface area contributed by atoms with E-state index in [-0.39, 0.29) is 23.3 Å². The SMILES string of the molecule is CNC(C)c1ccc(OC(C)C(=O)NC(C)(C)C)cc1F. The number of benzene rings is 1. The number of hydrogen-bond acceptors (Lipinski definition) is 3. The van der Waals surface area contributed by atoms with E-state index in [1.807, 2.05) is 27.7 Å². The average Bonchev–Trinajstić information content (AvgIpc) is 2.36. The molecule has 2 N–H and O–H groups in total. The number of hydrogen-bond donors (Lipinski definition) is 2. The fraction of sp³-hybridized carbons (Fsp3) is 0.562. The van der Waals surface area contributed by atoms with Crippen molar-refractivity contribution in [3.63, 3.8) is 0 Å². The van der Waals surface area contributed by atoms with Crippen LogP contribution in [0.4, 0.5) is 4.39 Å². The summed E-state index contributed by atoms with van der Waals surface area (Å²) in [5.41, 5.74) is 0.239. The highest BCUT2D eigenvalue weighted by Gasteiger charge is 2.21. The van der Waals surface area contributed by atoms with Crippen molar-refractivity contribution in [1.29, 1.82) is 0 Å². The van der Waals surface area contributed by atoms with Crippen LogP contribution in [0.5, 0.6) is 5.75 Å². The zero-order chi connectivity index (χ0) is 16.2. The highest BCUT2D eigenvalue weighted by molar-refractivity contribution is 5.81. The van der Waals surface area contributed by atoms with Crippen LogP contribution in [0.25, 0.3) is 0 Å². The quantitative estimate of drug-likeness (QED) is 0.878. The topological polar surface area (TPSA) is 50.4 Å². The summed E-state index contributed by atoms with van der Waals surface area (Å²) in [5, 5.41) is 5.81. The van der Waals surface area contributed by atoms with Gasteiger partial charge in [-0.1, -0.05) is 6.07 Å². The highest BCUT2D eigenvalue weighted by atomic mass is 19.1. The average molecular weight is 296 g/mol. The minimum absolute atomic E-state index is 0.0827. The van der Waals surface area contributed by atoms with E-state index >= 15 is 0 Å². The van der Waals surface area contributed by atoms with Crippen molar-refractivity contribution in [2.45, 2.75) is 52.3 Å². The molecule has 0 bridgehead atoms. The van der Waals surface area contributed by atoms with Gasteiger partial charge in [-0.25, -0.2) is 4.39 Å². The molecule has 0 saturated carbocycles. The molecule has 1 amide bonds. The molecular formula is C16H25FN2O2. The van der Waals surface area contributed by atoms with E-state index < -0.39 is 6.10 Å². The predicted octanol–water partition coefficient (Wildman–Crippen LogP) is 2.79. The van der Waals surface area contributed by atoms with E-state index in [1.54, 1.807) is 26.1 Å². The molecule has 1 aromatic rings. The van der Waals surface area contributed by atoms with Crippen LogP contribution in [0, 0.1) is 5.82 Å². The smallest absolute Gasteiger partial charge is 0.261 e. The summed E-state index contributed by atoms with van der Waals surface area (Å²) in [6.45, 7) is 9.20. The standard InChI is InChI=1S/C16H25FN2O2/c1-10(18-6)13-8-7-12(9-14(13)17)21-11(2)15(20)19-16(3,4)5/h7-11,18H,1-6H3,(H,19,20). The number of halogens is 1. The maximum atomic E-state index is 14.0. The van der Waals surface area contributed by atoms with Crippen LogP contribution in [0.2, 0.25) is 0 Å². The minimum Gasteiger partial charge on any atom is -0.481 e. The Morgan fingerprint density at radius 2 is 1.90 bits per heavy atom. The van der Waals surface area contributed by atoms with Crippen molar-refractivity contribution in [3.05, 3.63) is 29.6 Å². The van der Waals surface area contributed by atoms with Gasteiger partial charge in [0.1, 0.15) is 11.6 Å². The lowest BCUT2D eigenvalue weighted by molar-refractivity contribution is -0.128. The molecule has 2 atom stereocenters. The predicted molar refractivity (Wildman–Crippen MR) is 81.9 cm³/mol. The van der Waals surface area contributed by atoms with E-state index in [0.717, 1.165) is 0 Å². The van der Waals surface area contributed by atoms with Crippen LogP contribution in [-0.2, 0) is 4.79 Å². The number of amides is 1. The molecule has 0 saturated heterocycles. The van der Waals surface area contributed by atoms with Gasteiger partial charge in [-0.05, 0) is 47.7 Å². The van der Waals surface area contributed by atoms with Gasteiger partial charge in [0, 0.05) is 23.2 Å². The molecule has 5 heteroatoms. The zero-order valence-electron chi connectivity index (χ0n) is 13.6. The zero-order valence-corrected chi connectivity index (χ0v) is 13.6. The number of carbonyl (C=O) groups excluding carboxylic acids is 1. The molecule has 1 rings (SSSR count). The Hall–Kier alpha value is -1.62. The van der Waals surface area contributed by atoms with Gasteiger partial charge in [0.05, 0.1) is 0 Å². The summed E-state index contributed by atoms with van der Waals surface area (Å²) in [4.78, 5) is 11.9. The third kappa shape index (κ3) is 5.34. The van der Waals surface area contributed by atoms with Crippen molar-refractivity contribution >= 4 is 5.91 Å². The molecule has 118 valence electrons. The van der Waals surface area contributed by atoms with Crippen molar-refractivity contribution in [2.24, 2.45) is 0 Å². The van der Waals surface area contributed by atoms with Crippen LogP contribution < -0.4 is 15.4 Å². The van der Waals surface area contributed by atoms with Crippen molar-refractivity contribution in [1.82, 2.24) is 10.6 Å². The van der Waals surface area contributed by atoms with E-state index in [1.165, 1.54) is 6.07 Å². The maximum absolute atomic E-state index is 14.0. The lowest BCUT2D eigenvalue weighted by Gasteiger charge is -2.23. The maximum Gasteiger partial charge on any atom is 0.261 e. The van der Waals surface area contributed by atoms with Crippen LogP contribution in [0.15, 0.2) is 18.2 Å². The minimum atomic E-state index is -0.684. The highest BCUT2D eigenvalue weighted by Crippen LogP contribution is 2.22. The molecule has 0 spiro atoms. The van der Waals surface area contributed by atoms with Gasteiger partial charge < -0.3 is 15.4 Å². The molecule has 0 heterocycles. The fourth-order valence-electron chi connectivity index (χ4n) is 1.82. The summed E-state index contributed by atoms with van der Waals surface area (Å²) in [7, 11) is 1.77. The first-order chi connectivity index (χ1) is 9.64. The molecule has 2 unspecified atom stereocenters. The second-order valence-electron chi connectivity index (χ2n) is 6.19. The molecule has 1 aromatic carbocycles.